The fourth-order valence-corrected chi connectivity index (χ4v) is 4.28. The number of hydrogen-bond acceptors (Lipinski definition) is 4. The zero-order chi connectivity index (χ0) is 22.6. The molecule has 0 atom stereocenters. The summed E-state index contributed by atoms with van der Waals surface area (Å²) in [6.07, 6.45) is 3.25. The van der Waals surface area contributed by atoms with Crippen molar-refractivity contribution in [1.82, 2.24) is 15.5 Å². The van der Waals surface area contributed by atoms with Gasteiger partial charge in [-0.05, 0) is 77.5 Å². The molecule has 32 heavy (non-hydrogen) atoms. The van der Waals surface area contributed by atoms with E-state index in [0.717, 1.165) is 57.9 Å². The van der Waals surface area contributed by atoms with E-state index in [-0.39, 0.29) is 24.0 Å². The van der Waals surface area contributed by atoms with E-state index < -0.39 is 0 Å². The largest absolute Gasteiger partial charge is 0.396 e. The minimum absolute atomic E-state index is 0. The van der Waals surface area contributed by atoms with Crippen molar-refractivity contribution >= 4 is 35.6 Å². The first kappa shape index (κ1) is 29.0. The summed E-state index contributed by atoms with van der Waals surface area (Å²) in [5.74, 6) is 1.36. The standard InChI is InChI=1S/C25H45N5O.HI/c1-6-26-25(27-14-7-15-30(20(2)3)21(4)5)28-18-22-8-10-24(11-9-22)29-16-12-23(19-31)13-17-29;/h8-11,20-21,23,31H,6-7,12-19H2,1-5H3,(H2,26,27,28);1H. The third kappa shape index (κ3) is 9.83. The molecule has 0 amide bonds. The topological polar surface area (TPSA) is 63.1 Å². The maximum Gasteiger partial charge on any atom is 0.191 e. The number of anilines is 1. The lowest BCUT2D eigenvalue weighted by atomic mass is 9.97. The third-order valence-corrected chi connectivity index (χ3v) is 6.15. The van der Waals surface area contributed by atoms with Crippen molar-refractivity contribution in [2.45, 2.75) is 72.5 Å². The minimum Gasteiger partial charge on any atom is -0.396 e. The van der Waals surface area contributed by atoms with E-state index in [1.165, 1.54) is 11.3 Å². The zero-order valence-corrected chi connectivity index (χ0v) is 23.1. The molecule has 6 nitrogen and oxygen atoms in total. The van der Waals surface area contributed by atoms with Crippen LogP contribution in [0.2, 0.25) is 0 Å². The van der Waals surface area contributed by atoms with Crippen LogP contribution in [0.15, 0.2) is 29.3 Å². The second-order valence-corrected chi connectivity index (χ2v) is 9.18. The Morgan fingerprint density at radius 1 is 1.09 bits per heavy atom. The SMILES string of the molecule is CCNC(=NCc1ccc(N2CCC(CO)CC2)cc1)NCCCN(C(C)C)C(C)C.I. The van der Waals surface area contributed by atoms with Gasteiger partial charge in [-0.3, -0.25) is 4.90 Å². The summed E-state index contributed by atoms with van der Waals surface area (Å²) in [6.45, 7) is 17.1. The van der Waals surface area contributed by atoms with Crippen molar-refractivity contribution < 1.29 is 5.11 Å². The molecule has 7 heteroatoms. The number of halogens is 1. The van der Waals surface area contributed by atoms with Gasteiger partial charge in [0.25, 0.3) is 0 Å². The fraction of sp³-hybridized carbons (Fsp3) is 0.720. The summed E-state index contributed by atoms with van der Waals surface area (Å²) in [7, 11) is 0. The molecular formula is C25H46IN5O. The second kappa shape index (κ2) is 15.7. The molecule has 1 heterocycles. The smallest absolute Gasteiger partial charge is 0.191 e. The Labute approximate surface area is 213 Å². The Kier molecular flexibility index (Phi) is 14.2. The summed E-state index contributed by atoms with van der Waals surface area (Å²) >= 11 is 0. The minimum atomic E-state index is 0. The first-order valence-electron chi connectivity index (χ1n) is 12.2. The van der Waals surface area contributed by atoms with Crippen LogP contribution in [0.4, 0.5) is 5.69 Å². The fourth-order valence-electron chi connectivity index (χ4n) is 4.28. The average Bonchev–Trinajstić information content (AvgIpc) is 2.77. The number of rotatable bonds is 11. The monoisotopic (exact) mass is 559 g/mol. The van der Waals surface area contributed by atoms with Gasteiger partial charge in [-0.15, -0.1) is 24.0 Å². The molecule has 0 aromatic heterocycles. The Balaban J connectivity index is 0.00000512. The predicted molar refractivity (Wildman–Crippen MR) is 148 cm³/mol. The Hall–Kier alpha value is -1.06. The highest BCUT2D eigenvalue weighted by atomic mass is 127. The van der Waals surface area contributed by atoms with Crippen LogP contribution in [0.25, 0.3) is 0 Å². The number of aliphatic hydroxyl groups excluding tert-OH is 1. The van der Waals surface area contributed by atoms with Crippen LogP contribution in [-0.2, 0) is 6.54 Å². The molecule has 1 aliphatic rings. The van der Waals surface area contributed by atoms with Crippen molar-refractivity contribution in [1.29, 1.82) is 0 Å². The molecule has 0 bridgehead atoms. The van der Waals surface area contributed by atoms with Gasteiger partial charge in [0.2, 0.25) is 0 Å². The van der Waals surface area contributed by atoms with Crippen molar-refractivity contribution in [3.8, 4) is 0 Å². The maximum absolute atomic E-state index is 9.32. The highest BCUT2D eigenvalue weighted by Crippen LogP contribution is 2.23. The van der Waals surface area contributed by atoms with Crippen LogP contribution in [0.5, 0.6) is 0 Å². The lowest BCUT2D eigenvalue weighted by Crippen LogP contribution is -2.41. The van der Waals surface area contributed by atoms with Crippen LogP contribution >= 0.6 is 24.0 Å². The summed E-state index contributed by atoms with van der Waals surface area (Å²) in [5, 5.41) is 16.2. The predicted octanol–water partition coefficient (Wildman–Crippen LogP) is 4.08. The zero-order valence-electron chi connectivity index (χ0n) is 20.8. The first-order chi connectivity index (χ1) is 14.9. The third-order valence-electron chi connectivity index (χ3n) is 6.15. The van der Waals surface area contributed by atoms with Gasteiger partial charge in [-0.1, -0.05) is 12.1 Å². The van der Waals surface area contributed by atoms with Crippen LogP contribution in [0.1, 0.15) is 59.4 Å². The average molecular weight is 560 g/mol. The van der Waals surface area contributed by atoms with E-state index in [4.69, 9.17) is 4.99 Å². The molecule has 0 saturated carbocycles. The highest BCUT2D eigenvalue weighted by molar-refractivity contribution is 14.0. The van der Waals surface area contributed by atoms with Gasteiger partial charge in [0.05, 0.1) is 6.54 Å². The quantitative estimate of drug-likeness (QED) is 0.165. The molecule has 1 aromatic carbocycles. The maximum atomic E-state index is 9.32. The van der Waals surface area contributed by atoms with Gasteiger partial charge in [0, 0.05) is 57.1 Å². The molecule has 1 fully saturated rings. The summed E-state index contributed by atoms with van der Waals surface area (Å²) in [5.41, 5.74) is 2.49. The van der Waals surface area contributed by atoms with Crippen LogP contribution in [0.3, 0.4) is 0 Å². The van der Waals surface area contributed by atoms with Crippen LogP contribution in [-0.4, -0.2) is 67.4 Å². The number of nitrogens with one attached hydrogen (secondary N) is 2. The van der Waals surface area contributed by atoms with Crippen molar-refractivity contribution in [3.63, 3.8) is 0 Å². The van der Waals surface area contributed by atoms with Crippen molar-refractivity contribution in [2.24, 2.45) is 10.9 Å². The highest BCUT2D eigenvalue weighted by Gasteiger charge is 2.18. The molecule has 0 radical (unpaired) electrons. The van der Waals surface area contributed by atoms with E-state index in [0.29, 0.717) is 31.2 Å². The normalized spacial score (nSPS) is 15.4. The lowest BCUT2D eigenvalue weighted by molar-refractivity contribution is 0.173. The van der Waals surface area contributed by atoms with E-state index in [1.807, 2.05) is 0 Å². The Morgan fingerprint density at radius 2 is 1.72 bits per heavy atom. The van der Waals surface area contributed by atoms with Gasteiger partial charge in [0.15, 0.2) is 5.96 Å². The van der Waals surface area contributed by atoms with Crippen LogP contribution < -0.4 is 15.5 Å². The van der Waals surface area contributed by atoms with Crippen molar-refractivity contribution in [3.05, 3.63) is 29.8 Å². The van der Waals surface area contributed by atoms with Crippen molar-refractivity contribution in [2.75, 3.05) is 44.2 Å². The molecule has 1 aromatic rings. The van der Waals surface area contributed by atoms with Crippen LogP contribution in [0, 0.1) is 5.92 Å². The van der Waals surface area contributed by atoms with Gasteiger partial charge < -0.3 is 20.6 Å². The van der Waals surface area contributed by atoms with Gasteiger partial charge in [-0.25, -0.2) is 4.99 Å². The molecule has 184 valence electrons. The number of piperidine rings is 1. The molecule has 0 spiro atoms. The van der Waals surface area contributed by atoms with E-state index in [2.05, 4.69) is 79.3 Å². The molecule has 0 unspecified atom stereocenters. The van der Waals surface area contributed by atoms with Gasteiger partial charge in [-0.2, -0.15) is 0 Å². The molecule has 0 aliphatic carbocycles. The summed E-state index contributed by atoms with van der Waals surface area (Å²) in [4.78, 5) is 9.72. The van der Waals surface area contributed by atoms with Gasteiger partial charge in [0.1, 0.15) is 0 Å². The number of nitrogens with zero attached hydrogens (tertiary/aromatic N) is 3. The summed E-state index contributed by atoms with van der Waals surface area (Å²) < 4.78 is 0. The summed E-state index contributed by atoms with van der Waals surface area (Å²) in [6, 6.07) is 9.93. The van der Waals surface area contributed by atoms with E-state index in [1.54, 1.807) is 0 Å². The number of benzene rings is 1. The molecule has 1 aliphatic heterocycles. The first-order valence-corrected chi connectivity index (χ1v) is 12.2. The number of hydrogen-bond donors (Lipinski definition) is 3. The van der Waals surface area contributed by atoms with E-state index in [9.17, 15) is 5.11 Å². The Bertz CT molecular complexity index is 634. The molecule has 1 saturated heterocycles. The van der Waals surface area contributed by atoms with Gasteiger partial charge >= 0.3 is 0 Å². The lowest BCUT2D eigenvalue weighted by Gasteiger charge is -2.32. The Morgan fingerprint density at radius 3 is 2.25 bits per heavy atom. The number of aliphatic hydroxyl groups is 1. The molecule has 2 rings (SSSR count). The van der Waals surface area contributed by atoms with E-state index >= 15 is 0 Å². The molecule has 3 N–H and O–H groups in total. The number of aliphatic imine (C=N–C) groups is 1. The molecular weight excluding hydrogens is 513 g/mol. The second-order valence-electron chi connectivity index (χ2n) is 9.18. The number of guanidine groups is 1.